The van der Waals surface area contributed by atoms with Gasteiger partial charge in [-0.05, 0) is 38.8 Å². The molecule has 0 spiro atoms. The first-order valence-corrected chi connectivity index (χ1v) is 9.09. The van der Waals surface area contributed by atoms with E-state index in [0.29, 0.717) is 6.04 Å². The van der Waals surface area contributed by atoms with Crippen molar-refractivity contribution in [3.8, 4) is 5.69 Å². The first kappa shape index (κ1) is 16.7. The molecule has 3 rings (SSSR count). The van der Waals surface area contributed by atoms with Gasteiger partial charge < -0.3 is 5.32 Å². The molecule has 0 unspecified atom stereocenters. The zero-order valence-corrected chi connectivity index (χ0v) is 14.7. The third-order valence-electron chi connectivity index (χ3n) is 4.96. The van der Waals surface area contributed by atoms with Crippen LogP contribution in [0.1, 0.15) is 66.7 Å². The van der Waals surface area contributed by atoms with Crippen LogP contribution in [-0.4, -0.2) is 21.7 Å². The number of aryl methyl sites for hydroxylation is 1. The van der Waals surface area contributed by atoms with Crippen LogP contribution in [-0.2, 0) is 0 Å². The van der Waals surface area contributed by atoms with Gasteiger partial charge in [0, 0.05) is 6.04 Å². The SMILES string of the molecule is Cc1nn(-c2ccccc2)c(C)c1C(=O)NC1CCCCCCC1. The zero-order chi connectivity index (χ0) is 16.9. The predicted octanol–water partition coefficient (Wildman–Crippen LogP) is 4.33. The topological polar surface area (TPSA) is 46.9 Å². The monoisotopic (exact) mass is 325 g/mol. The zero-order valence-electron chi connectivity index (χ0n) is 14.7. The van der Waals surface area contributed by atoms with E-state index in [-0.39, 0.29) is 5.91 Å². The Morgan fingerprint density at radius 2 is 1.67 bits per heavy atom. The number of aromatic nitrogens is 2. The number of para-hydroxylation sites is 1. The molecule has 4 heteroatoms. The number of amides is 1. The molecule has 24 heavy (non-hydrogen) atoms. The van der Waals surface area contributed by atoms with E-state index < -0.39 is 0 Å². The van der Waals surface area contributed by atoms with Gasteiger partial charge in [-0.15, -0.1) is 0 Å². The average molecular weight is 325 g/mol. The maximum absolute atomic E-state index is 12.8. The van der Waals surface area contributed by atoms with Crippen molar-refractivity contribution in [3.05, 3.63) is 47.3 Å². The molecule has 128 valence electrons. The molecule has 0 atom stereocenters. The van der Waals surface area contributed by atoms with Gasteiger partial charge in [0.25, 0.3) is 5.91 Å². The van der Waals surface area contributed by atoms with Crippen LogP contribution in [0.2, 0.25) is 0 Å². The van der Waals surface area contributed by atoms with Gasteiger partial charge in [-0.2, -0.15) is 5.10 Å². The second-order valence-electron chi connectivity index (χ2n) is 6.81. The lowest BCUT2D eigenvalue weighted by atomic mass is 9.96. The fourth-order valence-electron chi connectivity index (χ4n) is 3.65. The Balaban J connectivity index is 1.78. The van der Waals surface area contributed by atoms with Crippen LogP contribution in [0.25, 0.3) is 5.69 Å². The average Bonchev–Trinajstić information content (AvgIpc) is 2.85. The van der Waals surface area contributed by atoms with Gasteiger partial charge in [0.15, 0.2) is 0 Å². The quantitative estimate of drug-likeness (QED) is 0.913. The standard InChI is InChI=1S/C20H27N3O/c1-15-19(16(2)23(22-15)18-13-9-6-10-14-18)20(24)21-17-11-7-4-3-5-8-12-17/h6,9-10,13-14,17H,3-5,7-8,11-12H2,1-2H3,(H,21,24). The van der Waals surface area contributed by atoms with Gasteiger partial charge in [0.2, 0.25) is 0 Å². The number of rotatable bonds is 3. The first-order chi connectivity index (χ1) is 11.7. The number of hydrogen-bond acceptors (Lipinski definition) is 2. The fourth-order valence-corrected chi connectivity index (χ4v) is 3.65. The van der Waals surface area contributed by atoms with E-state index in [1.165, 1.54) is 32.1 Å². The highest BCUT2D eigenvalue weighted by Gasteiger charge is 2.22. The van der Waals surface area contributed by atoms with Crippen molar-refractivity contribution in [2.24, 2.45) is 0 Å². The number of hydrogen-bond donors (Lipinski definition) is 1. The van der Waals surface area contributed by atoms with Crippen molar-refractivity contribution in [1.82, 2.24) is 15.1 Å². The Labute approximate surface area is 144 Å². The highest BCUT2D eigenvalue weighted by atomic mass is 16.1. The molecule has 0 radical (unpaired) electrons. The Morgan fingerprint density at radius 3 is 2.33 bits per heavy atom. The molecule has 1 heterocycles. The largest absolute Gasteiger partial charge is 0.349 e. The molecule has 1 aliphatic carbocycles. The van der Waals surface area contributed by atoms with Gasteiger partial charge >= 0.3 is 0 Å². The van der Waals surface area contributed by atoms with Crippen LogP contribution in [0, 0.1) is 13.8 Å². The number of carbonyl (C=O) groups is 1. The lowest BCUT2D eigenvalue weighted by Gasteiger charge is -2.21. The summed E-state index contributed by atoms with van der Waals surface area (Å²) in [4.78, 5) is 12.8. The number of nitrogens with one attached hydrogen (secondary N) is 1. The Morgan fingerprint density at radius 1 is 1.04 bits per heavy atom. The lowest BCUT2D eigenvalue weighted by Crippen LogP contribution is -2.35. The number of nitrogens with zero attached hydrogens (tertiary/aromatic N) is 2. The Kier molecular flexibility index (Phi) is 5.34. The summed E-state index contributed by atoms with van der Waals surface area (Å²) >= 11 is 0. The van der Waals surface area contributed by atoms with E-state index in [1.807, 2.05) is 48.9 Å². The summed E-state index contributed by atoms with van der Waals surface area (Å²) in [6, 6.07) is 10.3. The van der Waals surface area contributed by atoms with E-state index >= 15 is 0 Å². The smallest absolute Gasteiger partial charge is 0.255 e. The molecule has 4 nitrogen and oxygen atoms in total. The van der Waals surface area contributed by atoms with Gasteiger partial charge in [-0.25, -0.2) is 4.68 Å². The number of benzene rings is 1. The third-order valence-corrected chi connectivity index (χ3v) is 4.96. The predicted molar refractivity (Wildman–Crippen MR) is 96.6 cm³/mol. The fraction of sp³-hybridized carbons (Fsp3) is 0.500. The summed E-state index contributed by atoms with van der Waals surface area (Å²) in [5.41, 5.74) is 3.41. The Bertz CT molecular complexity index is 682. The van der Waals surface area contributed by atoms with Crippen LogP contribution in [0.15, 0.2) is 30.3 Å². The molecule has 1 saturated carbocycles. The first-order valence-electron chi connectivity index (χ1n) is 9.09. The molecule has 0 bridgehead atoms. The molecular formula is C20H27N3O. The minimum atomic E-state index is 0.0257. The second-order valence-corrected chi connectivity index (χ2v) is 6.81. The highest BCUT2D eigenvalue weighted by molar-refractivity contribution is 5.96. The van der Waals surface area contributed by atoms with Crippen molar-refractivity contribution in [2.45, 2.75) is 64.8 Å². The van der Waals surface area contributed by atoms with E-state index in [4.69, 9.17) is 0 Å². The van der Waals surface area contributed by atoms with Crippen LogP contribution in [0.5, 0.6) is 0 Å². The lowest BCUT2D eigenvalue weighted by molar-refractivity contribution is 0.0929. The molecule has 0 aliphatic heterocycles. The highest BCUT2D eigenvalue weighted by Crippen LogP contribution is 2.20. The van der Waals surface area contributed by atoms with Gasteiger partial charge in [0.05, 0.1) is 22.6 Å². The van der Waals surface area contributed by atoms with Gasteiger partial charge in [0.1, 0.15) is 0 Å². The summed E-state index contributed by atoms with van der Waals surface area (Å²) in [5, 5.41) is 7.84. The normalized spacial score (nSPS) is 16.4. The van der Waals surface area contributed by atoms with Crippen molar-refractivity contribution >= 4 is 5.91 Å². The molecule has 1 amide bonds. The van der Waals surface area contributed by atoms with E-state index in [0.717, 1.165) is 35.5 Å². The van der Waals surface area contributed by atoms with Crippen molar-refractivity contribution < 1.29 is 4.79 Å². The van der Waals surface area contributed by atoms with Crippen molar-refractivity contribution in [1.29, 1.82) is 0 Å². The minimum Gasteiger partial charge on any atom is -0.349 e. The van der Waals surface area contributed by atoms with Gasteiger partial charge in [-0.1, -0.05) is 50.3 Å². The summed E-state index contributed by atoms with van der Waals surface area (Å²) in [6.07, 6.45) is 8.53. The maximum atomic E-state index is 12.8. The number of carbonyl (C=O) groups excluding carboxylic acids is 1. The van der Waals surface area contributed by atoms with Crippen molar-refractivity contribution in [3.63, 3.8) is 0 Å². The molecule has 1 aromatic carbocycles. The second kappa shape index (κ2) is 7.65. The minimum absolute atomic E-state index is 0.0257. The molecule has 1 aromatic heterocycles. The van der Waals surface area contributed by atoms with E-state index in [1.54, 1.807) is 0 Å². The van der Waals surface area contributed by atoms with Gasteiger partial charge in [-0.3, -0.25) is 4.79 Å². The molecule has 0 saturated heterocycles. The molecule has 1 aliphatic rings. The third kappa shape index (κ3) is 3.69. The molecule has 1 N–H and O–H groups in total. The summed E-state index contributed by atoms with van der Waals surface area (Å²) in [6.45, 7) is 3.89. The Hall–Kier alpha value is -2.10. The van der Waals surface area contributed by atoms with Crippen LogP contribution >= 0.6 is 0 Å². The molecule has 2 aromatic rings. The summed E-state index contributed by atoms with van der Waals surface area (Å²) < 4.78 is 1.86. The summed E-state index contributed by atoms with van der Waals surface area (Å²) in [5.74, 6) is 0.0257. The van der Waals surface area contributed by atoms with Crippen LogP contribution < -0.4 is 5.32 Å². The molecular weight excluding hydrogens is 298 g/mol. The van der Waals surface area contributed by atoms with E-state index in [9.17, 15) is 4.79 Å². The van der Waals surface area contributed by atoms with Crippen molar-refractivity contribution in [2.75, 3.05) is 0 Å². The van der Waals surface area contributed by atoms with E-state index in [2.05, 4.69) is 10.4 Å². The molecule has 1 fully saturated rings. The summed E-state index contributed by atoms with van der Waals surface area (Å²) in [7, 11) is 0. The van der Waals surface area contributed by atoms with Crippen LogP contribution in [0.3, 0.4) is 0 Å². The van der Waals surface area contributed by atoms with Crippen LogP contribution in [0.4, 0.5) is 0 Å². The maximum Gasteiger partial charge on any atom is 0.255 e.